The third-order valence-electron chi connectivity index (χ3n) is 8.04. The van der Waals surface area contributed by atoms with E-state index in [2.05, 4.69) is 10.2 Å². The van der Waals surface area contributed by atoms with E-state index >= 15 is 0 Å². The number of nitrogens with zero attached hydrogens (tertiary/aromatic N) is 1. The third-order valence-corrected chi connectivity index (χ3v) is 8.04. The molecular formula is C36H38N2O4. The van der Waals surface area contributed by atoms with E-state index in [4.69, 9.17) is 4.74 Å². The Balaban J connectivity index is 1.57. The zero-order valence-electron chi connectivity index (χ0n) is 23.8. The van der Waals surface area contributed by atoms with Gasteiger partial charge in [-0.05, 0) is 47.4 Å². The van der Waals surface area contributed by atoms with Crippen LogP contribution in [-0.4, -0.2) is 52.9 Å². The van der Waals surface area contributed by atoms with E-state index < -0.39 is 18.2 Å². The summed E-state index contributed by atoms with van der Waals surface area (Å²) in [5.41, 5.74) is 3.67. The number of methoxy groups -OCH3 is 1. The molecule has 0 aromatic heterocycles. The molecule has 0 radical (unpaired) electrons. The first-order valence-corrected chi connectivity index (χ1v) is 14.4. The van der Waals surface area contributed by atoms with E-state index in [-0.39, 0.29) is 24.3 Å². The van der Waals surface area contributed by atoms with Crippen LogP contribution in [0.15, 0.2) is 127 Å². The Bertz CT molecular complexity index is 1430. The predicted molar refractivity (Wildman–Crippen MR) is 166 cm³/mol. The molecule has 0 bridgehead atoms. The van der Waals surface area contributed by atoms with Crippen molar-refractivity contribution in [3.8, 4) is 5.75 Å². The summed E-state index contributed by atoms with van der Waals surface area (Å²) in [4.78, 5) is 16.3. The van der Waals surface area contributed by atoms with Gasteiger partial charge in [0.2, 0.25) is 5.91 Å². The molecular weight excluding hydrogens is 524 g/mol. The van der Waals surface area contributed by atoms with Gasteiger partial charge in [-0.15, -0.1) is 0 Å². The van der Waals surface area contributed by atoms with Crippen LogP contribution >= 0.6 is 0 Å². The average molecular weight is 563 g/mol. The molecule has 4 aromatic carbocycles. The van der Waals surface area contributed by atoms with E-state index in [9.17, 15) is 15.0 Å². The number of hydrogen-bond acceptors (Lipinski definition) is 5. The summed E-state index contributed by atoms with van der Waals surface area (Å²) in [5.74, 6) is -0.126. The van der Waals surface area contributed by atoms with E-state index in [0.717, 1.165) is 16.7 Å². The highest BCUT2D eigenvalue weighted by Crippen LogP contribution is 2.36. The highest BCUT2D eigenvalue weighted by atomic mass is 16.5. The molecule has 0 heterocycles. The number of anilines is 1. The molecule has 0 spiro atoms. The minimum Gasteiger partial charge on any atom is -0.497 e. The molecule has 0 saturated carbocycles. The third kappa shape index (κ3) is 6.97. The van der Waals surface area contributed by atoms with Crippen molar-refractivity contribution in [3.05, 3.63) is 144 Å². The number of carbonyl (C=O) groups excluding carboxylic acids is 1. The lowest BCUT2D eigenvalue weighted by atomic mass is 9.77. The normalized spacial score (nSPS) is 20.7. The number of amides is 1. The van der Waals surface area contributed by atoms with Gasteiger partial charge in [-0.1, -0.05) is 103 Å². The first-order valence-electron chi connectivity index (χ1n) is 14.4. The van der Waals surface area contributed by atoms with Gasteiger partial charge in [-0.2, -0.15) is 0 Å². The number of aliphatic hydroxyl groups excluding tert-OH is 2. The van der Waals surface area contributed by atoms with Crippen molar-refractivity contribution >= 4 is 11.6 Å². The van der Waals surface area contributed by atoms with Crippen molar-refractivity contribution in [2.75, 3.05) is 19.0 Å². The number of hydrogen-bond donors (Lipinski definition) is 3. The molecule has 1 amide bonds. The van der Waals surface area contributed by atoms with Crippen LogP contribution in [0.5, 0.6) is 5.75 Å². The highest BCUT2D eigenvalue weighted by Gasteiger charge is 2.43. The summed E-state index contributed by atoms with van der Waals surface area (Å²) in [6.45, 7) is 0.269. The van der Waals surface area contributed by atoms with E-state index in [1.807, 2.05) is 127 Å². The quantitative estimate of drug-likeness (QED) is 0.212. The molecule has 0 saturated heterocycles. The van der Waals surface area contributed by atoms with Crippen molar-refractivity contribution in [1.82, 2.24) is 4.90 Å². The van der Waals surface area contributed by atoms with Crippen LogP contribution in [-0.2, 0) is 17.8 Å². The van der Waals surface area contributed by atoms with Crippen LogP contribution in [0.25, 0.3) is 0 Å². The first-order chi connectivity index (χ1) is 20.6. The van der Waals surface area contributed by atoms with Gasteiger partial charge in [0.15, 0.2) is 0 Å². The lowest BCUT2D eigenvalue weighted by molar-refractivity contribution is -0.125. The van der Waals surface area contributed by atoms with Crippen LogP contribution in [0.3, 0.4) is 0 Å². The highest BCUT2D eigenvalue weighted by molar-refractivity contribution is 5.95. The largest absolute Gasteiger partial charge is 0.497 e. The molecule has 216 valence electrons. The maximum atomic E-state index is 14.3. The summed E-state index contributed by atoms with van der Waals surface area (Å²) < 4.78 is 5.29. The smallest absolute Gasteiger partial charge is 0.242 e. The maximum absolute atomic E-state index is 14.3. The van der Waals surface area contributed by atoms with Gasteiger partial charge < -0.3 is 20.3 Å². The van der Waals surface area contributed by atoms with Crippen LogP contribution in [0.4, 0.5) is 5.69 Å². The molecule has 6 heteroatoms. The van der Waals surface area contributed by atoms with Gasteiger partial charge >= 0.3 is 0 Å². The summed E-state index contributed by atoms with van der Waals surface area (Å²) in [5, 5.41) is 25.7. The Morgan fingerprint density at radius 3 is 2.02 bits per heavy atom. The number of carbonyl (C=O) groups is 1. The first kappa shape index (κ1) is 29.3. The van der Waals surface area contributed by atoms with Crippen LogP contribution in [0, 0.1) is 5.92 Å². The fourth-order valence-electron chi connectivity index (χ4n) is 5.87. The Labute approximate surface area is 247 Å². The molecule has 0 aliphatic heterocycles. The van der Waals surface area contributed by atoms with Crippen LogP contribution in [0.1, 0.15) is 22.6 Å². The van der Waals surface area contributed by atoms with Gasteiger partial charge in [0.1, 0.15) is 5.75 Å². The average Bonchev–Trinajstić information content (AvgIpc) is 3.04. The number of ether oxygens (including phenoxy) is 1. The molecule has 0 fully saturated rings. The lowest BCUT2D eigenvalue weighted by Gasteiger charge is -2.46. The number of nitrogens with one attached hydrogen (secondary N) is 1. The summed E-state index contributed by atoms with van der Waals surface area (Å²) >= 11 is 0. The molecule has 3 N–H and O–H groups in total. The predicted octanol–water partition coefficient (Wildman–Crippen LogP) is 5.44. The SMILES string of the molecule is COc1ccc(NC(=O)[C@H](Cc2ccccc2)N(Cc2ccccc2)[C@H]2[C@@H](O)[C@@H](c3ccccc3)C=C[C@@H]2CO)cc1. The monoisotopic (exact) mass is 562 g/mol. The Hall–Kier alpha value is -4.23. The molecule has 6 nitrogen and oxygen atoms in total. The maximum Gasteiger partial charge on any atom is 0.242 e. The van der Waals surface area contributed by atoms with Crippen molar-refractivity contribution in [1.29, 1.82) is 0 Å². The fraction of sp³-hybridized carbons (Fsp3) is 0.250. The van der Waals surface area contributed by atoms with Gasteiger partial charge in [0.05, 0.1) is 25.9 Å². The minimum absolute atomic E-state index is 0.150. The molecule has 0 unspecified atom stereocenters. The Kier molecular flexibility index (Phi) is 9.82. The van der Waals surface area contributed by atoms with Gasteiger partial charge in [-0.3, -0.25) is 9.69 Å². The van der Waals surface area contributed by atoms with Gasteiger partial charge in [0, 0.05) is 30.1 Å². The second-order valence-corrected chi connectivity index (χ2v) is 10.7. The molecule has 1 aliphatic rings. The van der Waals surface area contributed by atoms with E-state index in [1.54, 1.807) is 7.11 Å². The zero-order chi connectivity index (χ0) is 29.3. The van der Waals surface area contributed by atoms with Gasteiger partial charge in [0.25, 0.3) is 0 Å². The summed E-state index contributed by atoms with van der Waals surface area (Å²) in [6.07, 6.45) is 3.55. The standard InChI is InChI=1S/C36H38N2O4/c1-42-31-20-18-30(19-21-31)37-36(41)33(23-26-11-5-2-6-12-26)38(24-27-13-7-3-8-14-27)34-29(25-39)17-22-32(35(34)40)28-15-9-4-10-16-28/h2-22,29,32-35,39-40H,23-25H2,1H3,(H,37,41)/t29-,32-,33+,34-,35+/m1/s1. The molecule has 42 heavy (non-hydrogen) atoms. The van der Waals surface area contributed by atoms with Crippen molar-refractivity contribution in [3.63, 3.8) is 0 Å². The second-order valence-electron chi connectivity index (χ2n) is 10.7. The zero-order valence-corrected chi connectivity index (χ0v) is 23.8. The molecule has 1 aliphatic carbocycles. The molecule has 4 aromatic rings. The number of benzene rings is 4. The summed E-state index contributed by atoms with van der Waals surface area (Å²) in [7, 11) is 1.61. The number of rotatable bonds is 11. The summed E-state index contributed by atoms with van der Waals surface area (Å²) in [6, 6.07) is 35.9. The Morgan fingerprint density at radius 2 is 1.43 bits per heavy atom. The van der Waals surface area contributed by atoms with E-state index in [1.165, 1.54) is 0 Å². The van der Waals surface area contributed by atoms with Crippen molar-refractivity contribution in [2.45, 2.75) is 37.1 Å². The topological polar surface area (TPSA) is 82.0 Å². The van der Waals surface area contributed by atoms with Crippen molar-refractivity contribution < 1.29 is 19.7 Å². The molecule has 5 rings (SSSR count). The van der Waals surface area contributed by atoms with Crippen LogP contribution in [0.2, 0.25) is 0 Å². The van der Waals surface area contributed by atoms with Gasteiger partial charge in [-0.25, -0.2) is 0 Å². The van der Waals surface area contributed by atoms with Crippen molar-refractivity contribution in [2.24, 2.45) is 5.92 Å². The number of aliphatic hydroxyl groups is 2. The van der Waals surface area contributed by atoms with Crippen LogP contribution < -0.4 is 10.1 Å². The lowest BCUT2D eigenvalue weighted by Crippen LogP contribution is -2.58. The minimum atomic E-state index is -0.856. The van der Waals surface area contributed by atoms with E-state index in [0.29, 0.717) is 24.4 Å². The fourth-order valence-corrected chi connectivity index (χ4v) is 5.87. The second kappa shape index (κ2) is 14.1. The Morgan fingerprint density at radius 1 is 0.833 bits per heavy atom. The molecule has 5 atom stereocenters.